The number of nitrogens with zero attached hydrogens (tertiary/aromatic N) is 5. The molecule has 8 aromatic carbocycles. The monoisotopic (exact) mass is 993 g/mol. The van der Waals surface area contributed by atoms with Crippen molar-refractivity contribution >= 4 is 76.6 Å². The molecule has 0 aliphatic rings. The van der Waals surface area contributed by atoms with Gasteiger partial charge < -0.3 is 22.9 Å². The molecule has 8 heteroatoms. The van der Waals surface area contributed by atoms with Crippen LogP contribution < -0.4 is 9.30 Å². The van der Waals surface area contributed by atoms with Crippen molar-refractivity contribution in [3.05, 3.63) is 206 Å². The fourth-order valence-corrected chi connectivity index (χ4v) is 9.12. The van der Waals surface area contributed by atoms with E-state index >= 15 is 0 Å². The molecule has 13 aromatic rings. The maximum Gasteiger partial charge on any atom is 0.268 e. The van der Waals surface area contributed by atoms with E-state index in [-0.39, 0.29) is 26.6 Å². The number of furan rings is 1. The van der Waals surface area contributed by atoms with Crippen LogP contribution in [0.15, 0.2) is 187 Å². The first-order valence-electron chi connectivity index (χ1n) is 21.9. The van der Waals surface area contributed by atoms with Crippen LogP contribution in [0.4, 0.5) is 0 Å². The van der Waals surface area contributed by atoms with Crippen molar-refractivity contribution in [1.29, 1.82) is 0 Å². The van der Waals surface area contributed by atoms with Gasteiger partial charge in [0, 0.05) is 63.7 Å². The van der Waals surface area contributed by atoms with Gasteiger partial charge in [-0.1, -0.05) is 103 Å². The van der Waals surface area contributed by atoms with E-state index in [0.717, 1.165) is 82.4 Å². The summed E-state index contributed by atoms with van der Waals surface area (Å²) in [5.41, 5.74) is 9.36. The predicted molar refractivity (Wildman–Crippen MR) is 246 cm³/mol. The summed E-state index contributed by atoms with van der Waals surface area (Å²) in [6.07, 6.45) is 5.27. The van der Waals surface area contributed by atoms with Gasteiger partial charge in [0.1, 0.15) is 17.0 Å². The molecule has 5 heterocycles. The predicted octanol–water partition coefficient (Wildman–Crippen LogP) is 12.9. The summed E-state index contributed by atoms with van der Waals surface area (Å²) < 4.78 is 47.1. The molecule has 0 bridgehead atoms. The Balaban J connectivity index is 0.00000456. The Hall–Kier alpha value is -7.73. The molecular weight excluding hydrogens is 958 g/mol. The van der Waals surface area contributed by atoms with Crippen molar-refractivity contribution in [2.45, 2.75) is 6.85 Å². The third kappa shape index (κ3) is 5.77. The number of rotatable bonds is 6. The van der Waals surface area contributed by atoms with Gasteiger partial charge >= 0.3 is 0 Å². The van der Waals surface area contributed by atoms with Gasteiger partial charge in [0.15, 0.2) is 0 Å². The minimum absolute atomic E-state index is 0. The van der Waals surface area contributed by atoms with Crippen LogP contribution in [0.1, 0.15) is 9.68 Å². The molecule has 5 aromatic heterocycles. The van der Waals surface area contributed by atoms with Crippen molar-refractivity contribution < 1.29 is 38.9 Å². The molecule has 0 unspecified atom stereocenters. The molecule has 0 aliphatic carbocycles. The number of benzene rings is 8. The van der Waals surface area contributed by atoms with Gasteiger partial charge in [-0.15, -0.1) is 29.7 Å². The average Bonchev–Trinajstić information content (AvgIpc) is 4.09. The minimum atomic E-state index is -2.46. The minimum Gasteiger partial charge on any atom is -0.510 e. The Morgan fingerprint density at radius 3 is 2.00 bits per heavy atom. The van der Waals surface area contributed by atoms with Gasteiger partial charge in [0.05, 0.1) is 39.6 Å². The van der Waals surface area contributed by atoms with Crippen LogP contribution in [-0.2, 0) is 21.1 Å². The maximum atomic E-state index is 8.80. The fraction of sp³-hybridized carbons (Fsp3) is 0.0182. The second-order valence-electron chi connectivity index (χ2n) is 15.4. The van der Waals surface area contributed by atoms with E-state index in [1.54, 1.807) is 12.3 Å². The van der Waals surface area contributed by atoms with E-state index in [9.17, 15) is 0 Å². The number of aryl methyl sites for hydroxylation is 1. The third-order valence-electron chi connectivity index (χ3n) is 11.9. The quantitative estimate of drug-likeness (QED) is 0.123. The number of imidazole rings is 1. The zero-order valence-electron chi connectivity index (χ0n) is 36.2. The molecule has 0 fully saturated rings. The Labute approximate surface area is 379 Å². The van der Waals surface area contributed by atoms with Crippen molar-refractivity contribution in [3.63, 3.8) is 0 Å². The van der Waals surface area contributed by atoms with Crippen LogP contribution in [0.25, 0.3) is 99.5 Å². The molecular formula is C55H33N5O2Pt-2. The zero-order valence-corrected chi connectivity index (χ0v) is 35.5. The van der Waals surface area contributed by atoms with Crippen molar-refractivity contribution in [3.8, 4) is 34.4 Å². The Morgan fingerprint density at radius 1 is 0.571 bits per heavy atom. The van der Waals surface area contributed by atoms with Crippen molar-refractivity contribution in [1.82, 2.24) is 18.7 Å². The number of pyridine rings is 1. The van der Waals surface area contributed by atoms with Crippen LogP contribution in [-0.4, -0.2) is 18.7 Å². The molecule has 0 atom stereocenters. The van der Waals surface area contributed by atoms with E-state index in [1.807, 2.05) is 141 Å². The zero-order chi connectivity index (χ0) is 43.4. The largest absolute Gasteiger partial charge is 0.510 e. The van der Waals surface area contributed by atoms with Crippen molar-refractivity contribution in [2.24, 2.45) is 0 Å². The number of ether oxygens (including phenoxy) is 1. The first-order chi connectivity index (χ1) is 31.9. The number of hydrogen-bond acceptors (Lipinski definition) is 3. The van der Waals surface area contributed by atoms with Gasteiger partial charge in [0.2, 0.25) is 0 Å². The number of fused-ring (bicyclic) bond motifs is 10. The molecule has 0 saturated carbocycles. The Morgan fingerprint density at radius 2 is 1.22 bits per heavy atom. The molecule has 0 radical (unpaired) electrons. The standard InChI is InChI=1S/C55H33N5O2.Pt/c1-35-29-55(56-33-52(35)59-46-19-6-2-15-40(46)41-16-3-7-20-47(41)59)60-48-21-8-4-17-42(48)43-27-26-39(32-51(43)60)61-38-14-12-13-36(30-38)57-34-58(50-23-10-9-22-49(50)57)37-25-28-54-45(31-37)44-18-5-11-24-53(44)62-54;/h2-29,31,33H,1H3;/q-2;/i1D3;. The van der Waals surface area contributed by atoms with Crippen molar-refractivity contribution in [2.75, 3.05) is 0 Å². The van der Waals surface area contributed by atoms with Gasteiger partial charge in [-0.2, -0.15) is 18.2 Å². The topological polar surface area (TPSA) is 53.9 Å². The normalized spacial score (nSPS) is 12.7. The SMILES string of the molecule is [2H]C([2H])([2H])c1cc(-n2c3[c-]c(Oc4[c-]c(-n5[c-][n+](-c6ccc7oc8ccccc8c7c6)c6ccccc65)ccc4)ccc3c3ccccc32)ncc1-n1c2ccccc2c2ccccc21.[Pt]. The van der Waals surface area contributed by atoms with Crippen LogP contribution >= 0.6 is 0 Å². The van der Waals surface area contributed by atoms with E-state index < -0.39 is 6.85 Å². The molecule has 0 N–H and O–H groups in total. The molecule has 13 rings (SSSR count). The molecule has 7 nitrogen and oxygen atoms in total. The number of aromatic nitrogens is 5. The molecule has 0 aliphatic heterocycles. The third-order valence-corrected chi connectivity index (χ3v) is 11.9. The summed E-state index contributed by atoms with van der Waals surface area (Å²) >= 11 is 0. The van der Waals surface area contributed by atoms with Gasteiger partial charge in [-0.3, -0.25) is 4.57 Å². The number of hydrogen-bond donors (Lipinski definition) is 0. The molecule has 302 valence electrons. The van der Waals surface area contributed by atoms with E-state index in [4.69, 9.17) is 18.3 Å². The number of para-hydroxylation sites is 6. The van der Waals surface area contributed by atoms with Gasteiger partial charge in [-0.25, -0.2) is 4.98 Å². The summed E-state index contributed by atoms with van der Waals surface area (Å²) in [4.78, 5) is 5.01. The summed E-state index contributed by atoms with van der Waals surface area (Å²) in [5.74, 6) is 1.41. The first-order valence-corrected chi connectivity index (χ1v) is 20.4. The Bertz CT molecular complexity index is 4020. The Kier molecular flexibility index (Phi) is 7.78. The van der Waals surface area contributed by atoms with Crippen LogP contribution in [0, 0.1) is 25.3 Å². The second kappa shape index (κ2) is 14.4. The smallest absolute Gasteiger partial charge is 0.268 e. The first kappa shape index (κ1) is 33.9. The summed E-state index contributed by atoms with van der Waals surface area (Å²) in [5, 5.41) is 6.08. The summed E-state index contributed by atoms with van der Waals surface area (Å²) in [6, 6.07) is 65.0. The van der Waals surface area contributed by atoms with Crippen LogP contribution in [0.2, 0.25) is 0 Å². The van der Waals surface area contributed by atoms with E-state index in [0.29, 0.717) is 28.5 Å². The van der Waals surface area contributed by atoms with E-state index in [2.05, 4.69) is 65.5 Å². The molecule has 63 heavy (non-hydrogen) atoms. The summed E-state index contributed by atoms with van der Waals surface area (Å²) in [7, 11) is 0. The molecule has 0 amide bonds. The van der Waals surface area contributed by atoms with Gasteiger partial charge in [-0.05, 0) is 72.0 Å². The maximum absolute atomic E-state index is 8.80. The van der Waals surface area contributed by atoms with Crippen LogP contribution in [0.5, 0.6) is 11.5 Å². The van der Waals surface area contributed by atoms with Crippen LogP contribution in [0.3, 0.4) is 0 Å². The van der Waals surface area contributed by atoms with Gasteiger partial charge in [0.25, 0.3) is 6.33 Å². The molecule has 0 spiro atoms. The second-order valence-corrected chi connectivity index (χ2v) is 15.4. The van der Waals surface area contributed by atoms with E-state index in [1.165, 1.54) is 0 Å². The summed E-state index contributed by atoms with van der Waals surface area (Å²) in [6.45, 7) is -2.46. The fourth-order valence-electron chi connectivity index (χ4n) is 9.12. The molecule has 0 saturated heterocycles. The average molecular weight is 994 g/mol.